The Morgan fingerprint density at radius 2 is 1.85 bits per heavy atom. The topological polar surface area (TPSA) is 94.2 Å². The number of hydrogen-bond donors (Lipinski definition) is 1. The molecule has 8 nitrogen and oxygen atoms in total. The zero-order valence-electron chi connectivity index (χ0n) is 15.2. The number of methoxy groups -OCH3 is 2. The van der Waals surface area contributed by atoms with Gasteiger partial charge in [-0.1, -0.05) is 0 Å². The first-order valence-electron chi connectivity index (χ1n) is 8.15. The van der Waals surface area contributed by atoms with Crippen molar-refractivity contribution in [1.29, 1.82) is 0 Å². The molecule has 0 aliphatic carbocycles. The van der Waals surface area contributed by atoms with E-state index in [4.69, 9.17) is 14.2 Å². The van der Waals surface area contributed by atoms with Crippen LogP contribution in [-0.2, 0) is 14.8 Å². The summed E-state index contributed by atoms with van der Waals surface area (Å²) in [6.45, 7) is 2.28. The van der Waals surface area contributed by atoms with E-state index in [2.05, 4.69) is 4.72 Å². The summed E-state index contributed by atoms with van der Waals surface area (Å²) >= 11 is 0. The molecule has 2 aromatic carbocycles. The SMILES string of the molecule is COc1ccc(S(=O)(=O)Nc2ccc3c(c2)OCCN3C(C)=O)cc1OC. The highest BCUT2D eigenvalue weighted by atomic mass is 32.2. The minimum absolute atomic E-state index is 0.0316. The highest BCUT2D eigenvalue weighted by molar-refractivity contribution is 7.92. The zero-order chi connectivity index (χ0) is 19.6. The van der Waals surface area contributed by atoms with Gasteiger partial charge in [0.2, 0.25) is 5.91 Å². The minimum Gasteiger partial charge on any atom is -0.493 e. The molecule has 0 radical (unpaired) electrons. The highest BCUT2D eigenvalue weighted by Crippen LogP contribution is 2.35. The van der Waals surface area contributed by atoms with Crippen molar-refractivity contribution in [3.05, 3.63) is 36.4 Å². The predicted molar refractivity (Wildman–Crippen MR) is 100 cm³/mol. The second-order valence-electron chi connectivity index (χ2n) is 5.82. The third-order valence-corrected chi connectivity index (χ3v) is 5.50. The maximum absolute atomic E-state index is 12.7. The van der Waals surface area contributed by atoms with Crippen LogP contribution >= 0.6 is 0 Å². The van der Waals surface area contributed by atoms with Crippen LogP contribution in [0.25, 0.3) is 0 Å². The molecule has 144 valence electrons. The molecule has 27 heavy (non-hydrogen) atoms. The van der Waals surface area contributed by atoms with E-state index in [0.717, 1.165) is 0 Å². The molecule has 3 rings (SSSR count). The zero-order valence-corrected chi connectivity index (χ0v) is 16.0. The molecule has 1 heterocycles. The first kappa shape index (κ1) is 18.8. The van der Waals surface area contributed by atoms with Crippen LogP contribution < -0.4 is 23.8 Å². The fourth-order valence-corrected chi connectivity index (χ4v) is 3.87. The summed E-state index contributed by atoms with van der Waals surface area (Å²) < 4.78 is 43.8. The largest absolute Gasteiger partial charge is 0.493 e. The Balaban J connectivity index is 1.89. The molecule has 1 aliphatic heterocycles. The lowest BCUT2D eigenvalue weighted by atomic mass is 10.2. The Hall–Kier alpha value is -2.94. The molecule has 1 amide bonds. The molecule has 0 fully saturated rings. The summed E-state index contributed by atoms with van der Waals surface area (Å²) in [5.41, 5.74) is 0.941. The lowest BCUT2D eigenvalue weighted by Gasteiger charge is -2.29. The summed E-state index contributed by atoms with van der Waals surface area (Å²) in [4.78, 5) is 13.3. The second-order valence-corrected chi connectivity index (χ2v) is 7.51. The lowest BCUT2D eigenvalue weighted by Crippen LogP contribution is -2.36. The van der Waals surface area contributed by atoms with E-state index in [1.165, 1.54) is 39.3 Å². The maximum atomic E-state index is 12.7. The van der Waals surface area contributed by atoms with E-state index >= 15 is 0 Å². The van der Waals surface area contributed by atoms with Crippen LogP contribution in [0.1, 0.15) is 6.92 Å². The smallest absolute Gasteiger partial charge is 0.262 e. The van der Waals surface area contributed by atoms with E-state index in [9.17, 15) is 13.2 Å². The average Bonchev–Trinajstić information content (AvgIpc) is 2.66. The molecule has 0 unspecified atom stereocenters. The number of anilines is 2. The van der Waals surface area contributed by atoms with Crippen LogP contribution in [0.4, 0.5) is 11.4 Å². The molecule has 0 spiro atoms. The molecule has 0 aromatic heterocycles. The van der Waals surface area contributed by atoms with Crippen molar-refractivity contribution in [2.45, 2.75) is 11.8 Å². The van der Waals surface area contributed by atoms with Crippen molar-refractivity contribution < 1.29 is 27.4 Å². The fourth-order valence-electron chi connectivity index (χ4n) is 2.81. The van der Waals surface area contributed by atoms with Gasteiger partial charge >= 0.3 is 0 Å². The lowest BCUT2D eigenvalue weighted by molar-refractivity contribution is -0.116. The number of amides is 1. The maximum Gasteiger partial charge on any atom is 0.262 e. The standard InChI is InChI=1S/C18H20N2O6S/c1-12(21)20-8-9-26-17-10-13(4-6-15(17)20)19-27(22,23)14-5-7-16(24-2)18(11-14)25-3/h4-7,10-11,19H,8-9H2,1-3H3. The number of sulfonamides is 1. The molecular weight excluding hydrogens is 372 g/mol. The Morgan fingerprint density at radius 3 is 2.52 bits per heavy atom. The van der Waals surface area contributed by atoms with Gasteiger partial charge in [0.25, 0.3) is 10.0 Å². The van der Waals surface area contributed by atoms with Gasteiger partial charge in [-0.2, -0.15) is 0 Å². The van der Waals surface area contributed by atoms with E-state index in [1.807, 2.05) is 0 Å². The molecule has 1 aliphatic rings. The van der Waals surface area contributed by atoms with E-state index in [0.29, 0.717) is 41.8 Å². The predicted octanol–water partition coefficient (Wildman–Crippen LogP) is 2.25. The molecule has 9 heteroatoms. The molecule has 0 saturated heterocycles. The van der Waals surface area contributed by atoms with E-state index in [1.54, 1.807) is 23.1 Å². The number of benzene rings is 2. The van der Waals surface area contributed by atoms with Gasteiger partial charge in [-0.25, -0.2) is 8.42 Å². The number of ether oxygens (including phenoxy) is 3. The molecule has 1 N–H and O–H groups in total. The van der Waals surface area contributed by atoms with E-state index < -0.39 is 10.0 Å². The van der Waals surface area contributed by atoms with Gasteiger partial charge in [-0.3, -0.25) is 9.52 Å². The van der Waals surface area contributed by atoms with Crippen LogP contribution in [-0.4, -0.2) is 41.7 Å². The fraction of sp³-hybridized carbons (Fsp3) is 0.278. The number of nitrogens with zero attached hydrogens (tertiary/aromatic N) is 1. The van der Waals surface area contributed by atoms with Crippen molar-refractivity contribution in [3.8, 4) is 17.2 Å². The number of fused-ring (bicyclic) bond motifs is 1. The van der Waals surface area contributed by atoms with Crippen molar-refractivity contribution in [2.75, 3.05) is 37.0 Å². The Kier molecular flexibility index (Phi) is 5.13. The number of hydrogen-bond acceptors (Lipinski definition) is 6. The van der Waals surface area contributed by atoms with Crippen LogP contribution in [0.15, 0.2) is 41.3 Å². The van der Waals surface area contributed by atoms with Gasteiger partial charge < -0.3 is 19.1 Å². The van der Waals surface area contributed by atoms with Crippen molar-refractivity contribution in [2.24, 2.45) is 0 Å². The number of nitrogens with one attached hydrogen (secondary N) is 1. The quantitative estimate of drug-likeness (QED) is 0.839. The summed E-state index contributed by atoms with van der Waals surface area (Å²) in [7, 11) is -0.941. The van der Waals surface area contributed by atoms with Crippen LogP contribution in [0, 0.1) is 0 Å². The van der Waals surface area contributed by atoms with Gasteiger partial charge in [0.05, 0.1) is 37.0 Å². The van der Waals surface area contributed by atoms with E-state index in [-0.39, 0.29) is 10.8 Å². The minimum atomic E-state index is -3.85. The van der Waals surface area contributed by atoms with Gasteiger partial charge in [-0.05, 0) is 24.3 Å². The first-order valence-corrected chi connectivity index (χ1v) is 9.64. The molecule has 0 atom stereocenters. The molecule has 0 saturated carbocycles. The Bertz CT molecular complexity index is 974. The molecule has 2 aromatic rings. The number of carbonyl (C=O) groups excluding carboxylic acids is 1. The Labute approximate surface area is 157 Å². The van der Waals surface area contributed by atoms with Crippen molar-refractivity contribution in [1.82, 2.24) is 0 Å². The number of rotatable bonds is 5. The number of carbonyl (C=O) groups is 1. The van der Waals surface area contributed by atoms with Gasteiger partial charge in [-0.15, -0.1) is 0 Å². The summed E-state index contributed by atoms with van der Waals surface area (Å²) in [5, 5.41) is 0. The summed E-state index contributed by atoms with van der Waals surface area (Å²) in [6.07, 6.45) is 0. The van der Waals surface area contributed by atoms with Gasteiger partial charge in [0, 0.05) is 19.1 Å². The molecular formula is C18H20N2O6S. The van der Waals surface area contributed by atoms with Crippen molar-refractivity contribution in [3.63, 3.8) is 0 Å². The first-order chi connectivity index (χ1) is 12.9. The average molecular weight is 392 g/mol. The monoisotopic (exact) mass is 392 g/mol. The van der Waals surface area contributed by atoms with Crippen LogP contribution in [0.3, 0.4) is 0 Å². The molecule has 0 bridgehead atoms. The van der Waals surface area contributed by atoms with Gasteiger partial charge in [0.15, 0.2) is 11.5 Å². The normalized spacial score (nSPS) is 13.4. The second kappa shape index (κ2) is 7.36. The third kappa shape index (κ3) is 3.77. The third-order valence-electron chi connectivity index (χ3n) is 4.12. The summed E-state index contributed by atoms with van der Waals surface area (Å²) in [5.74, 6) is 1.09. The Morgan fingerprint density at radius 1 is 1.11 bits per heavy atom. The van der Waals surface area contributed by atoms with Crippen molar-refractivity contribution >= 4 is 27.3 Å². The summed E-state index contributed by atoms with van der Waals surface area (Å²) in [6, 6.07) is 9.13. The van der Waals surface area contributed by atoms with Gasteiger partial charge in [0.1, 0.15) is 12.4 Å². The highest BCUT2D eigenvalue weighted by Gasteiger charge is 2.23. The van der Waals surface area contributed by atoms with Crippen LogP contribution in [0.2, 0.25) is 0 Å². The van der Waals surface area contributed by atoms with Crippen LogP contribution in [0.5, 0.6) is 17.2 Å².